The number of nitrogens with one attached hydrogen (secondary N) is 1. The van der Waals surface area contributed by atoms with Crippen LogP contribution < -0.4 is 11.1 Å². The molecule has 2 aromatic carbocycles. The topological polar surface area (TPSA) is 78.9 Å². The molecule has 0 aromatic heterocycles. The SMILES string of the molecule is N#Cc1cc(Br)ccc1NC(=O)C(CN)c1ccccc1. The highest BCUT2D eigenvalue weighted by molar-refractivity contribution is 9.10. The van der Waals surface area contributed by atoms with Crippen LogP contribution in [0, 0.1) is 11.3 Å². The third-order valence-corrected chi connectivity index (χ3v) is 3.61. The van der Waals surface area contributed by atoms with Crippen molar-refractivity contribution in [3.63, 3.8) is 0 Å². The lowest BCUT2D eigenvalue weighted by Crippen LogP contribution is -2.27. The number of amides is 1. The smallest absolute Gasteiger partial charge is 0.233 e. The van der Waals surface area contributed by atoms with Gasteiger partial charge in [0.05, 0.1) is 17.2 Å². The van der Waals surface area contributed by atoms with Crippen LogP contribution in [0.15, 0.2) is 53.0 Å². The largest absolute Gasteiger partial charge is 0.329 e. The van der Waals surface area contributed by atoms with Gasteiger partial charge < -0.3 is 11.1 Å². The van der Waals surface area contributed by atoms with Crippen LogP contribution in [0.5, 0.6) is 0 Å². The van der Waals surface area contributed by atoms with Gasteiger partial charge in [-0.2, -0.15) is 5.26 Å². The molecule has 2 aromatic rings. The molecule has 3 N–H and O–H groups in total. The zero-order valence-electron chi connectivity index (χ0n) is 11.2. The molecule has 0 radical (unpaired) electrons. The number of rotatable bonds is 4. The lowest BCUT2D eigenvalue weighted by molar-refractivity contribution is -0.117. The first-order chi connectivity index (χ1) is 10.2. The van der Waals surface area contributed by atoms with E-state index < -0.39 is 5.92 Å². The molecule has 2 rings (SSSR count). The molecule has 0 aliphatic rings. The Bertz CT molecular complexity index is 680. The molecule has 0 aliphatic heterocycles. The van der Waals surface area contributed by atoms with Crippen molar-refractivity contribution < 1.29 is 4.79 Å². The van der Waals surface area contributed by atoms with Crippen molar-refractivity contribution in [1.82, 2.24) is 0 Å². The van der Waals surface area contributed by atoms with E-state index in [2.05, 4.69) is 27.3 Å². The zero-order valence-corrected chi connectivity index (χ0v) is 12.8. The lowest BCUT2D eigenvalue weighted by atomic mass is 9.98. The van der Waals surface area contributed by atoms with E-state index in [1.165, 1.54) is 0 Å². The van der Waals surface area contributed by atoms with Crippen molar-refractivity contribution in [2.24, 2.45) is 5.73 Å². The first-order valence-corrected chi connectivity index (χ1v) is 7.20. The lowest BCUT2D eigenvalue weighted by Gasteiger charge is -2.16. The van der Waals surface area contributed by atoms with Gasteiger partial charge in [0.1, 0.15) is 6.07 Å². The van der Waals surface area contributed by atoms with Crippen molar-refractivity contribution in [3.8, 4) is 6.07 Å². The number of benzene rings is 2. The Morgan fingerprint density at radius 1 is 1.29 bits per heavy atom. The molecular formula is C16H14BrN3O. The predicted molar refractivity (Wildman–Crippen MR) is 85.7 cm³/mol. The van der Waals surface area contributed by atoms with Crippen molar-refractivity contribution >= 4 is 27.5 Å². The maximum atomic E-state index is 12.4. The van der Waals surface area contributed by atoms with E-state index in [9.17, 15) is 4.79 Å². The molecule has 1 unspecified atom stereocenters. The van der Waals surface area contributed by atoms with Crippen LogP contribution in [-0.4, -0.2) is 12.5 Å². The summed E-state index contributed by atoms with van der Waals surface area (Å²) in [5.74, 6) is -0.663. The summed E-state index contributed by atoms with van der Waals surface area (Å²) in [4.78, 5) is 12.4. The van der Waals surface area contributed by atoms with Gasteiger partial charge in [0, 0.05) is 11.0 Å². The molecule has 0 saturated carbocycles. The van der Waals surface area contributed by atoms with E-state index in [0.717, 1.165) is 10.0 Å². The normalized spacial score (nSPS) is 11.5. The monoisotopic (exact) mass is 343 g/mol. The van der Waals surface area contributed by atoms with Crippen LogP contribution in [-0.2, 0) is 4.79 Å². The minimum absolute atomic E-state index is 0.203. The Morgan fingerprint density at radius 2 is 2.00 bits per heavy atom. The van der Waals surface area contributed by atoms with Gasteiger partial charge in [-0.15, -0.1) is 0 Å². The van der Waals surface area contributed by atoms with Gasteiger partial charge in [-0.3, -0.25) is 4.79 Å². The minimum Gasteiger partial charge on any atom is -0.329 e. The van der Waals surface area contributed by atoms with Gasteiger partial charge in [-0.05, 0) is 23.8 Å². The number of carbonyl (C=O) groups excluding carboxylic acids is 1. The number of carbonyl (C=O) groups is 1. The summed E-state index contributed by atoms with van der Waals surface area (Å²) >= 11 is 3.30. The van der Waals surface area contributed by atoms with E-state index in [1.807, 2.05) is 30.3 Å². The summed E-state index contributed by atoms with van der Waals surface area (Å²) in [5, 5.41) is 11.9. The number of nitrogens with zero attached hydrogens (tertiary/aromatic N) is 1. The molecular weight excluding hydrogens is 330 g/mol. The van der Waals surface area contributed by atoms with E-state index in [4.69, 9.17) is 11.0 Å². The Hall–Kier alpha value is -2.16. The standard InChI is InChI=1S/C16H14BrN3O/c17-13-6-7-15(12(8-13)9-18)20-16(21)14(10-19)11-4-2-1-3-5-11/h1-8,14H,10,19H2,(H,20,21). The number of hydrogen-bond acceptors (Lipinski definition) is 3. The van der Waals surface area contributed by atoms with Gasteiger partial charge >= 0.3 is 0 Å². The maximum absolute atomic E-state index is 12.4. The molecule has 106 valence electrons. The summed E-state index contributed by atoms with van der Waals surface area (Å²) in [6.07, 6.45) is 0. The van der Waals surface area contributed by atoms with E-state index >= 15 is 0 Å². The molecule has 21 heavy (non-hydrogen) atoms. The first kappa shape index (κ1) is 15.2. The number of hydrogen-bond donors (Lipinski definition) is 2. The zero-order chi connectivity index (χ0) is 15.2. The van der Waals surface area contributed by atoms with Crippen LogP contribution in [0.25, 0.3) is 0 Å². The van der Waals surface area contributed by atoms with E-state index in [0.29, 0.717) is 11.3 Å². The number of nitrogens with two attached hydrogens (primary N) is 1. The van der Waals surface area contributed by atoms with Crippen LogP contribution in [0.2, 0.25) is 0 Å². The number of nitriles is 1. The van der Waals surface area contributed by atoms with Crippen molar-refractivity contribution in [3.05, 3.63) is 64.1 Å². The summed E-state index contributed by atoms with van der Waals surface area (Å²) in [6, 6.07) is 16.5. The third kappa shape index (κ3) is 3.69. The van der Waals surface area contributed by atoms with Gasteiger partial charge in [0.2, 0.25) is 5.91 Å². The highest BCUT2D eigenvalue weighted by Gasteiger charge is 2.19. The van der Waals surface area contributed by atoms with Crippen molar-refractivity contribution in [1.29, 1.82) is 5.26 Å². The van der Waals surface area contributed by atoms with Gasteiger partial charge in [0.15, 0.2) is 0 Å². The molecule has 0 spiro atoms. The molecule has 0 saturated heterocycles. The van der Waals surface area contributed by atoms with Crippen LogP contribution in [0.3, 0.4) is 0 Å². The Morgan fingerprint density at radius 3 is 2.62 bits per heavy atom. The molecule has 0 aliphatic carbocycles. The van der Waals surface area contributed by atoms with Crippen LogP contribution in [0.1, 0.15) is 17.0 Å². The molecule has 4 nitrogen and oxygen atoms in total. The van der Waals surface area contributed by atoms with Gasteiger partial charge in [0.25, 0.3) is 0 Å². The minimum atomic E-state index is -0.443. The number of anilines is 1. The predicted octanol–water partition coefficient (Wildman–Crippen LogP) is 3.00. The highest BCUT2D eigenvalue weighted by Crippen LogP contribution is 2.22. The summed E-state index contributed by atoms with van der Waals surface area (Å²) in [7, 11) is 0. The average Bonchev–Trinajstić information content (AvgIpc) is 2.51. The van der Waals surface area contributed by atoms with Crippen LogP contribution >= 0.6 is 15.9 Å². The third-order valence-electron chi connectivity index (χ3n) is 3.11. The van der Waals surface area contributed by atoms with Gasteiger partial charge in [-0.1, -0.05) is 46.3 Å². The Kier molecular flexibility index (Phi) is 5.09. The average molecular weight is 344 g/mol. The van der Waals surface area contributed by atoms with E-state index in [1.54, 1.807) is 18.2 Å². The maximum Gasteiger partial charge on any atom is 0.233 e. The number of halogens is 1. The van der Waals surface area contributed by atoms with Crippen LogP contribution in [0.4, 0.5) is 5.69 Å². The van der Waals surface area contributed by atoms with Gasteiger partial charge in [-0.25, -0.2) is 0 Å². The highest BCUT2D eigenvalue weighted by atomic mass is 79.9. The van der Waals surface area contributed by atoms with E-state index in [-0.39, 0.29) is 12.5 Å². The first-order valence-electron chi connectivity index (χ1n) is 6.41. The Balaban J connectivity index is 2.23. The summed E-state index contributed by atoms with van der Waals surface area (Å²) in [5.41, 5.74) is 7.47. The van der Waals surface area contributed by atoms with Crippen molar-refractivity contribution in [2.45, 2.75) is 5.92 Å². The van der Waals surface area contributed by atoms with Crippen molar-refractivity contribution in [2.75, 3.05) is 11.9 Å². The molecule has 0 fully saturated rings. The summed E-state index contributed by atoms with van der Waals surface area (Å²) < 4.78 is 0.787. The molecule has 5 heteroatoms. The second kappa shape index (κ2) is 7.02. The second-order valence-electron chi connectivity index (χ2n) is 4.49. The molecule has 0 heterocycles. The Labute approximate surface area is 131 Å². The fourth-order valence-electron chi connectivity index (χ4n) is 2.02. The quantitative estimate of drug-likeness (QED) is 0.895. The fourth-order valence-corrected chi connectivity index (χ4v) is 2.38. The molecule has 0 bridgehead atoms. The fraction of sp³-hybridized carbons (Fsp3) is 0.125. The summed E-state index contributed by atoms with van der Waals surface area (Å²) in [6.45, 7) is 0.203. The second-order valence-corrected chi connectivity index (χ2v) is 5.41. The molecule has 1 atom stereocenters. The molecule has 1 amide bonds.